The SMILES string of the molecule is COC(=O)c1ccc(I)cc1SC. The first kappa shape index (κ1) is 10.8. The Kier molecular flexibility index (Phi) is 4.05. The molecule has 0 radical (unpaired) electrons. The van der Waals surface area contributed by atoms with E-state index in [4.69, 9.17) is 0 Å². The number of hydrogen-bond donors (Lipinski definition) is 0. The van der Waals surface area contributed by atoms with Crippen molar-refractivity contribution in [3.8, 4) is 0 Å². The van der Waals surface area contributed by atoms with Gasteiger partial charge in [0.1, 0.15) is 0 Å². The van der Waals surface area contributed by atoms with Crippen molar-refractivity contribution in [1.29, 1.82) is 0 Å². The number of methoxy groups -OCH3 is 1. The molecule has 0 heterocycles. The van der Waals surface area contributed by atoms with E-state index in [9.17, 15) is 4.79 Å². The molecule has 70 valence electrons. The molecule has 0 spiro atoms. The van der Waals surface area contributed by atoms with Crippen LogP contribution in [0.15, 0.2) is 23.1 Å². The summed E-state index contributed by atoms with van der Waals surface area (Å²) in [6.07, 6.45) is 1.94. The molecule has 0 amide bonds. The lowest BCUT2D eigenvalue weighted by Crippen LogP contribution is -2.02. The molecule has 1 aromatic carbocycles. The van der Waals surface area contributed by atoms with Crippen molar-refractivity contribution in [2.45, 2.75) is 4.90 Å². The van der Waals surface area contributed by atoms with Crippen LogP contribution in [0, 0.1) is 3.57 Å². The Morgan fingerprint density at radius 1 is 1.54 bits per heavy atom. The topological polar surface area (TPSA) is 26.3 Å². The fourth-order valence-corrected chi connectivity index (χ4v) is 2.26. The second-order valence-electron chi connectivity index (χ2n) is 2.34. The van der Waals surface area contributed by atoms with Crippen LogP contribution < -0.4 is 0 Å². The van der Waals surface area contributed by atoms with Crippen LogP contribution in [0.3, 0.4) is 0 Å². The summed E-state index contributed by atoms with van der Waals surface area (Å²) in [6, 6.07) is 5.66. The van der Waals surface area contributed by atoms with Crippen LogP contribution in [0.25, 0.3) is 0 Å². The standard InChI is InChI=1S/C9H9IO2S/c1-12-9(11)7-4-3-6(10)5-8(7)13-2/h3-5H,1-2H3. The van der Waals surface area contributed by atoms with E-state index in [0.717, 1.165) is 8.47 Å². The van der Waals surface area contributed by atoms with Crippen LogP contribution in [-0.2, 0) is 4.74 Å². The average Bonchev–Trinajstić information content (AvgIpc) is 2.16. The van der Waals surface area contributed by atoms with E-state index in [0.29, 0.717) is 5.56 Å². The maximum Gasteiger partial charge on any atom is 0.338 e. The fourth-order valence-electron chi connectivity index (χ4n) is 0.944. The second-order valence-corrected chi connectivity index (χ2v) is 4.43. The lowest BCUT2D eigenvalue weighted by molar-refractivity contribution is 0.0597. The molecule has 0 atom stereocenters. The minimum atomic E-state index is -0.277. The highest BCUT2D eigenvalue weighted by molar-refractivity contribution is 14.1. The van der Waals surface area contributed by atoms with Crippen molar-refractivity contribution >= 4 is 40.3 Å². The van der Waals surface area contributed by atoms with Gasteiger partial charge in [0.25, 0.3) is 0 Å². The number of carbonyl (C=O) groups excluding carboxylic acids is 1. The van der Waals surface area contributed by atoms with Crippen molar-refractivity contribution in [2.24, 2.45) is 0 Å². The monoisotopic (exact) mass is 308 g/mol. The van der Waals surface area contributed by atoms with Gasteiger partial charge in [-0.3, -0.25) is 0 Å². The molecule has 0 saturated heterocycles. The molecule has 0 unspecified atom stereocenters. The van der Waals surface area contributed by atoms with E-state index < -0.39 is 0 Å². The minimum absolute atomic E-state index is 0.277. The van der Waals surface area contributed by atoms with Crippen LogP contribution in [0.4, 0.5) is 0 Å². The lowest BCUT2D eigenvalue weighted by Gasteiger charge is -2.05. The van der Waals surface area contributed by atoms with Gasteiger partial charge in [-0.15, -0.1) is 11.8 Å². The zero-order chi connectivity index (χ0) is 9.84. The van der Waals surface area contributed by atoms with Gasteiger partial charge in [-0.1, -0.05) is 0 Å². The predicted octanol–water partition coefficient (Wildman–Crippen LogP) is 2.80. The van der Waals surface area contributed by atoms with E-state index in [1.807, 2.05) is 18.4 Å². The van der Waals surface area contributed by atoms with Crippen LogP contribution in [0.1, 0.15) is 10.4 Å². The predicted molar refractivity (Wildman–Crippen MR) is 62.3 cm³/mol. The molecule has 0 saturated carbocycles. The lowest BCUT2D eigenvalue weighted by atomic mass is 10.2. The zero-order valence-corrected chi connectivity index (χ0v) is 10.3. The first-order chi connectivity index (χ1) is 6.19. The van der Waals surface area contributed by atoms with E-state index in [1.165, 1.54) is 7.11 Å². The van der Waals surface area contributed by atoms with E-state index in [1.54, 1.807) is 17.8 Å². The molecule has 13 heavy (non-hydrogen) atoms. The third kappa shape index (κ3) is 2.60. The number of hydrogen-bond acceptors (Lipinski definition) is 3. The van der Waals surface area contributed by atoms with Gasteiger partial charge >= 0.3 is 5.97 Å². The molecule has 1 rings (SSSR count). The summed E-state index contributed by atoms with van der Waals surface area (Å²) in [5.41, 5.74) is 0.635. The Morgan fingerprint density at radius 3 is 2.77 bits per heavy atom. The molecule has 0 aliphatic heterocycles. The number of esters is 1. The highest BCUT2D eigenvalue weighted by Crippen LogP contribution is 2.23. The zero-order valence-electron chi connectivity index (χ0n) is 7.33. The summed E-state index contributed by atoms with van der Waals surface area (Å²) in [4.78, 5) is 12.2. The van der Waals surface area contributed by atoms with Crippen LogP contribution >= 0.6 is 34.4 Å². The first-order valence-corrected chi connectivity index (χ1v) is 5.91. The van der Waals surface area contributed by atoms with Crippen molar-refractivity contribution in [3.05, 3.63) is 27.3 Å². The molecular weight excluding hydrogens is 299 g/mol. The van der Waals surface area contributed by atoms with Crippen LogP contribution in [-0.4, -0.2) is 19.3 Å². The van der Waals surface area contributed by atoms with Crippen LogP contribution in [0.2, 0.25) is 0 Å². The van der Waals surface area contributed by atoms with Crippen molar-refractivity contribution < 1.29 is 9.53 Å². The van der Waals surface area contributed by atoms with Gasteiger partial charge in [0, 0.05) is 8.47 Å². The number of rotatable bonds is 2. The largest absolute Gasteiger partial charge is 0.465 e. The number of benzene rings is 1. The molecule has 1 aromatic rings. The van der Waals surface area contributed by atoms with Gasteiger partial charge in [0.2, 0.25) is 0 Å². The van der Waals surface area contributed by atoms with Gasteiger partial charge in [0.15, 0.2) is 0 Å². The van der Waals surface area contributed by atoms with Crippen molar-refractivity contribution in [1.82, 2.24) is 0 Å². The van der Waals surface area contributed by atoms with E-state index >= 15 is 0 Å². The molecule has 0 fully saturated rings. The summed E-state index contributed by atoms with van der Waals surface area (Å²) in [6.45, 7) is 0. The smallest absolute Gasteiger partial charge is 0.338 e. The van der Waals surface area contributed by atoms with Gasteiger partial charge in [-0.05, 0) is 47.0 Å². The molecular formula is C9H9IO2S. The van der Waals surface area contributed by atoms with E-state index in [2.05, 4.69) is 27.3 Å². The highest BCUT2D eigenvalue weighted by Gasteiger charge is 2.10. The minimum Gasteiger partial charge on any atom is -0.465 e. The Bertz CT molecular complexity index is 325. The molecule has 0 bridgehead atoms. The summed E-state index contributed by atoms with van der Waals surface area (Å²) < 4.78 is 5.78. The molecule has 2 nitrogen and oxygen atoms in total. The molecule has 0 aliphatic carbocycles. The van der Waals surface area contributed by atoms with Gasteiger partial charge < -0.3 is 4.74 Å². The van der Waals surface area contributed by atoms with Crippen molar-refractivity contribution in [3.63, 3.8) is 0 Å². The van der Waals surface area contributed by atoms with Gasteiger partial charge in [-0.25, -0.2) is 4.79 Å². The summed E-state index contributed by atoms with van der Waals surface area (Å²) in [5.74, 6) is -0.277. The van der Waals surface area contributed by atoms with Crippen molar-refractivity contribution in [2.75, 3.05) is 13.4 Å². The van der Waals surface area contributed by atoms with Crippen LogP contribution in [0.5, 0.6) is 0 Å². The fraction of sp³-hybridized carbons (Fsp3) is 0.222. The molecule has 0 aliphatic rings. The Labute approximate surface area is 95.2 Å². The Morgan fingerprint density at radius 2 is 2.23 bits per heavy atom. The number of thioether (sulfide) groups is 1. The Balaban J connectivity index is 3.13. The summed E-state index contributed by atoms with van der Waals surface area (Å²) in [7, 11) is 1.39. The molecule has 0 N–H and O–H groups in total. The maximum absolute atomic E-state index is 11.3. The number of halogens is 1. The average molecular weight is 308 g/mol. The molecule has 4 heteroatoms. The molecule has 0 aromatic heterocycles. The highest BCUT2D eigenvalue weighted by atomic mass is 127. The number of ether oxygens (including phenoxy) is 1. The second kappa shape index (κ2) is 4.85. The maximum atomic E-state index is 11.3. The first-order valence-electron chi connectivity index (χ1n) is 3.61. The van der Waals surface area contributed by atoms with Gasteiger partial charge in [0.05, 0.1) is 12.7 Å². The quantitative estimate of drug-likeness (QED) is 0.477. The normalized spacial score (nSPS) is 9.77. The summed E-state index contributed by atoms with van der Waals surface area (Å²) in [5, 5.41) is 0. The van der Waals surface area contributed by atoms with E-state index in [-0.39, 0.29) is 5.97 Å². The number of carbonyl (C=O) groups is 1. The third-order valence-corrected chi connectivity index (χ3v) is 3.02. The van der Waals surface area contributed by atoms with Gasteiger partial charge in [-0.2, -0.15) is 0 Å². The summed E-state index contributed by atoms with van der Waals surface area (Å²) >= 11 is 3.76. The Hall–Kier alpha value is -0.230. The third-order valence-electron chi connectivity index (χ3n) is 1.57.